The minimum Gasteiger partial charge on any atom is -0.497 e. The van der Waals surface area contributed by atoms with Crippen LogP contribution < -0.4 is 9.47 Å². The first-order valence-corrected chi connectivity index (χ1v) is 7.14. The zero-order chi connectivity index (χ0) is 18.0. The molecule has 0 bridgehead atoms. The lowest BCUT2D eigenvalue weighted by Gasteiger charge is -2.10. The summed E-state index contributed by atoms with van der Waals surface area (Å²) in [7, 11) is 3.02. The summed E-state index contributed by atoms with van der Waals surface area (Å²) in [5.41, 5.74) is 0.744. The second-order valence-corrected chi connectivity index (χ2v) is 5.00. The van der Waals surface area contributed by atoms with Gasteiger partial charge in [0.05, 0.1) is 31.4 Å². The molecule has 3 rings (SSSR count). The van der Waals surface area contributed by atoms with Crippen molar-refractivity contribution in [1.82, 2.24) is 0 Å². The Morgan fingerprint density at radius 2 is 1.96 bits per heavy atom. The van der Waals surface area contributed by atoms with Gasteiger partial charge in [0.15, 0.2) is 0 Å². The number of carbonyl (C=O) groups is 1. The minimum absolute atomic E-state index is 0.175. The van der Waals surface area contributed by atoms with Crippen LogP contribution in [-0.4, -0.2) is 25.1 Å². The van der Waals surface area contributed by atoms with E-state index in [1.807, 2.05) is 0 Å². The summed E-state index contributed by atoms with van der Waals surface area (Å²) >= 11 is 0. The predicted molar refractivity (Wildman–Crippen MR) is 87.0 cm³/mol. The lowest BCUT2D eigenvalue weighted by molar-refractivity contribution is -0.402. The van der Waals surface area contributed by atoms with Gasteiger partial charge < -0.3 is 18.6 Å². The molecule has 0 saturated heterocycles. The molecule has 25 heavy (non-hydrogen) atoms. The fourth-order valence-corrected chi connectivity index (χ4v) is 2.30. The van der Waals surface area contributed by atoms with Gasteiger partial charge in [-0.1, -0.05) is 0 Å². The van der Waals surface area contributed by atoms with Crippen LogP contribution in [0.3, 0.4) is 0 Å². The summed E-state index contributed by atoms with van der Waals surface area (Å²) in [6, 6.07) is 7.70. The maximum absolute atomic E-state index is 12.1. The van der Waals surface area contributed by atoms with Crippen LogP contribution in [0.2, 0.25) is 0 Å². The Hall–Kier alpha value is -3.55. The van der Waals surface area contributed by atoms with Crippen molar-refractivity contribution in [3.05, 3.63) is 63.4 Å². The Balaban J connectivity index is 1.97. The highest BCUT2D eigenvalue weighted by atomic mass is 16.6. The molecule has 0 saturated carbocycles. The SMILES string of the molecule is COc1ccc(OC)c(C2=CC(=Cc3ccc([N+](=O)[O-])o3)C(=O)O2)c1. The molecular formula is C17H13NO7. The summed E-state index contributed by atoms with van der Waals surface area (Å²) in [5, 5.41) is 10.6. The molecule has 1 aliphatic heterocycles. The Bertz CT molecular complexity index is 907. The van der Waals surface area contributed by atoms with E-state index < -0.39 is 16.8 Å². The van der Waals surface area contributed by atoms with Crippen molar-refractivity contribution < 1.29 is 28.3 Å². The highest BCUT2D eigenvalue weighted by Gasteiger charge is 2.25. The molecule has 1 aromatic carbocycles. The van der Waals surface area contributed by atoms with Gasteiger partial charge in [0.2, 0.25) is 0 Å². The first-order chi connectivity index (χ1) is 12.0. The van der Waals surface area contributed by atoms with Crippen molar-refractivity contribution >= 4 is 23.7 Å². The molecule has 1 aliphatic rings. The largest absolute Gasteiger partial charge is 0.497 e. The molecule has 0 unspecified atom stereocenters. The number of hydrogen-bond acceptors (Lipinski definition) is 7. The molecule has 0 N–H and O–H groups in total. The van der Waals surface area contributed by atoms with Crippen LogP contribution in [0.1, 0.15) is 11.3 Å². The summed E-state index contributed by atoms with van der Waals surface area (Å²) in [6.45, 7) is 0. The number of carbonyl (C=O) groups excluding carboxylic acids is 1. The molecule has 0 amide bonds. The van der Waals surface area contributed by atoms with Crippen molar-refractivity contribution in [1.29, 1.82) is 0 Å². The van der Waals surface area contributed by atoms with Gasteiger partial charge in [-0.25, -0.2) is 4.79 Å². The molecule has 2 aromatic rings. The van der Waals surface area contributed by atoms with Gasteiger partial charge in [-0.05, 0) is 36.4 Å². The fourth-order valence-electron chi connectivity index (χ4n) is 2.30. The van der Waals surface area contributed by atoms with E-state index in [0.717, 1.165) is 0 Å². The van der Waals surface area contributed by atoms with Gasteiger partial charge in [0.25, 0.3) is 0 Å². The van der Waals surface area contributed by atoms with Gasteiger partial charge >= 0.3 is 11.9 Å². The van der Waals surface area contributed by atoms with Crippen LogP contribution in [0.5, 0.6) is 11.5 Å². The second-order valence-electron chi connectivity index (χ2n) is 5.00. The van der Waals surface area contributed by atoms with E-state index in [1.165, 1.54) is 38.5 Å². The van der Waals surface area contributed by atoms with E-state index in [0.29, 0.717) is 17.1 Å². The van der Waals surface area contributed by atoms with Crippen molar-refractivity contribution in [2.45, 2.75) is 0 Å². The molecule has 0 fully saturated rings. The summed E-state index contributed by atoms with van der Waals surface area (Å²) in [5.74, 6) is 0.541. The molecule has 0 radical (unpaired) electrons. The van der Waals surface area contributed by atoms with Crippen molar-refractivity contribution in [3.8, 4) is 11.5 Å². The van der Waals surface area contributed by atoms with Gasteiger partial charge in [-0.2, -0.15) is 0 Å². The summed E-state index contributed by atoms with van der Waals surface area (Å²) in [6.07, 6.45) is 2.88. The number of furan rings is 1. The third-order valence-electron chi connectivity index (χ3n) is 3.49. The maximum atomic E-state index is 12.1. The molecule has 1 aromatic heterocycles. The van der Waals surface area contributed by atoms with Gasteiger partial charge in [-0.15, -0.1) is 0 Å². The number of methoxy groups -OCH3 is 2. The molecule has 128 valence electrons. The number of rotatable bonds is 5. The smallest absolute Gasteiger partial charge is 0.433 e. The summed E-state index contributed by atoms with van der Waals surface area (Å²) < 4.78 is 20.7. The first-order valence-electron chi connectivity index (χ1n) is 7.14. The Kier molecular flexibility index (Phi) is 4.25. The zero-order valence-corrected chi connectivity index (χ0v) is 13.3. The number of cyclic esters (lactones) is 1. The van der Waals surface area contributed by atoms with E-state index in [4.69, 9.17) is 18.6 Å². The second kappa shape index (κ2) is 6.52. The molecule has 0 spiro atoms. The topological polar surface area (TPSA) is 101 Å². The molecule has 0 atom stereocenters. The standard InChI is InChI=1S/C17H13NO7/c1-22-11-3-5-14(23-2)13(9-11)15-8-10(17(19)25-15)7-12-4-6-16(24-12)18(20)21/h3-9H,1-2H3. The lowest BCUT2D eigenvalue weighted by Crippen LogP contribution is -1.98. The number of hydrogen-bond donors (Lipinski definition) is 0. The third-order valence-corrected chi connectivity index (χ3v) is 3.49. The minimum atomic E-state index is -0.655. The highest BCUT2D eigenvalue weighted by Crippen LogP contribution is 2.35. The van der Waals surface area contributed by atoms with Crippen LogP contribution >= 0.6 is 0 Å². The highest BCUT2D eigenvalue weighted by molar-refractivity contribution is 6.05. The molecule has 0 aliphatic carbocycles. The van der Waals surface area contributed by atoms with E-state index >= 15 is 0 Å². The quantitative estimate of drug-likeness (QED) is 0.355. The van der Waals surface area contributed by atoms with Crippen LogP contribution in [0.15, 0.2) is 46.4 Å². The van der Waals surface area contributed by atoms with E-state index in [-0.39, 0.29) is 17.1 Å². The zero-order valence-electron chi connectivity index (χ0n) is 13.3. The monoisotopic (exact) mass is 343 g/mol. The number of nitro groups is 1. The number of nitrogens with zero attached hydrogens (tertiary/aromatic N) is 1. The van der Waals surface area contributed by atoms with E-state index in [2.05, 4.69) is 0 Å². The van der Waals surface area contributed by atoms with E-state index in [9.17, 15) is 14.9 Å². The first kappa shape index (κ1) is 16.3. The number of esters is 1. The van der Waals surface area contributed by atoms with Crippen molar-refractivity contribution in [2.75, 3.05) is 14.2 Å². The van der Waals surface area contributed by atoms with E-state index in [1.54, 1.807) is 18.2 Å². The Morgan fingerprint density at radius 3 is 2.60 bits per heavy atom. The molecular weight excluding hydrogens is 330 g/mol. The van der Waals surface area contributed by atoms with Crippen molar-refractivity contribution in [3.63, 3.8) is 0 Å². The normalized spacial score (nSPS) is 15.0. The summed E-state index contributed by atoms with van der Waals surface area (Å²) in [4.78, 5) is 22.1. The van der Waals surface area contributed by atoms with Crippen LogP contribution in [0, 0.1) is 10.1 Å². The Labute approximate surface area is 142 Å². The molecule has 8 nitrogen and oxygen atoms in total. The predicted octanol–water partition coefficient (Wildman–Crippen LogP) is 3.19. The lowest BCUT2D eigenvalue weighted by atomic mass is 10.1. The van der Waals surface area contributed by atoms with Crippen molar-refractivity contribution in [2.24, 2.45) is 0 Å². The van der Waals surface area contributed by atoms with Gasteiger partial charge in [-0.3, -0.25) is 10.1 Å². The number of ether oxygens (including phenoxy) is 3. The van der Waals surface area contributed by atoms with Crippen LogP contribution in [0.4, 0.5) is 5.88 Å². The average molecular weight is 343 g/mol. The van der Waals surface area contributed by atoms with Crippen LogP contribution in [0.25, 0.3) is 11.8 Å². The average Bonchev–Trinajstić information content (AvgIpc) is 3.22. The van der Waals surface area contributed by atoms with Gasteiger partial charge in [0.1, 0.15) is 27.9 Å². The van der Waals surface area contributed by atoms with Gasteiger partial charge in [0, 0.05) is 0 Å². The molecule has 2 heterocycles. The third kappa shape index (κ3) is 3.23. The maximum Gasteiger partial charge on any atom is 0.433 e. The Morgan fingerprint density at radius 1 is 1.16 bits per heavy atom. The van der Waals surface area contributed by atoms with Crippen LogP contribution in [-0.2, 0) is 9.53 Å². The molecule has 8 heteroatoms. The fraction of sp³-hybridized carbons (Fsp3) is 0.118. The number of benzene rings is 1.